The number of carbonyl (C=O) groups is 1. The Bertz CT molecular complexity index is 552. The van der Waals surface area contributed by atoms with Crippen LogP contribution in [-0.4, -0.2) is 10.9 Å². The van der Waals surface area contributed by atoms with E-state index < -0.39 is 0 Å². The van der Waals surface area contributed by atoms with E-state index in [1.165, 1.54) is 0 Å². The molecule has 0 aliphatic heterocycles. The Morgan fingerprint density at radius 3 is 2.94 bits per heavy atom. The van der Waals surface area contributed by atoms with Crippen molar-refractivity contribution in [3.63, 3.8) is 0 Å². The molecule has 0 aliphatic rings. The molecule has 0 bridgehead atoms. The van der Waals surface area contributed by atoms with E-state index in [0.29, 0.717) is 17.7 Å². The van der Waals surface area contributed by atoms with Gasteiger partial charge in [0.2, 0.25) is 5.91 Å². The first kappa shape index (κ1) is 11.0. The molecule has 1 aromatic heterocycles. The summed E-state index contributed by atoms with van der Waals surface area (Å²) in [5.41, 5.74) is 2.03. The van der Waals surface area contributed by atoms with E-state index in [1.807, 2.05) is 18.2 Å². The Kier molecular flexibility index (Phi) is 3.22. The fourth-order valence-electron chi connectivity index (χ4n) is 1.52. The van der Waals surface area contributed by atoms with Crippen molar-refractivity contribution in [1.82, 2.24) is 4.98 Å². The Hall–Kier alpha value is -2.54. The molecule has 1 aromatic carbocycles. The topological polar surface area (TPSA) is 68.7 Å². The van der Waals surface area contributed by atoms with E-state index in [0.717, 1.165) is 5.69 Å². The molecule has 0 aliphatic carbocycles. The van der Waals surface area contributed by atoms with Gasteiger partial charge in [-0.15, -0.1) is 0 Å². The van der Waals surface area contributed by atoms with Crippen LogP contribution in [0.25, 0.3) is 0 Å². The third-order valence-electron chi connectivity index (χ3n) is 2.29. The summed E-state index contributed by atoms with van der Waals surface area (Å²) in [4.78, 5) is 14.6. The summed E-state index contributed by atoms with van der Waals surface area (Å²) < 4.78 is 0. The summed E-state index contributed by atoms with van der Waals surface area (Å²) in [6, 6.07) is 12.6. The van der Waals surface area contributed by atoms with Crippen molar-refractivity contribution in [2.75, 3.05) is 5.32 Å². The maximum atomic E-state index is 11.7. The number of benzene rings is 1. The molecule has 0 radical (unpaired) electrons. The lowest BCUT2D eigenvalue weighted by Gasteiger charge is -2.04. The molecule has 0 saturated heterocycles. The number of aromatic nitrogens is 1. The molecule has 1 heterocycles. The Balaban J connectivity index is 2.01. The van der Waals surface area contributed by atoms with Crippen LogP contribution in [0.4, 0.5) is 5.69 Å². The smallest absolute Gasteiger partial charge is 0.230 e. The van der Waals surface area contributed by atoms with Crippen LogP contribution >= 0.6 is 0 Å². The van der Waals surface area contributed by atoms with Crippen LogP contribution in [0, 0.1) is 11.3 Å². The highest BCUT2D eigenvalue weighted by atomic mass is 16.1. The third-order valence-corrected chi connectivity index (χ3v) is 2.29. The molecule has 2 rings (SSSR count). The van der Waals surface area contributed by atoms with Crippen molar-refractivity contribution < 1.29 is 4.79 Å². The second-order valence-corrected chi connectivity index (χ2v) is 3.61. The lowest BCUT2D eigenvalue weighted by atomic mass is 10.2. The highest BCUT2D eigenvalue weighted by Crippen LogP contribution is 2.10. The zero-order valence-corrected chi connectivity index (χ0v) is 9.10. The minimum Gasteiger partial charge on any atom is -0.365 e. The molecule has 84 valence electrons. The van der Waals surface area contributed by atoms with Crippen molar-refractivity contribution in [3.05, 3.63) is 53.9 Å². The maximum Gasteiger partial charge on any atom is 0.230 e. The van der Waals surface area contributed by atoms with Crippen molar-refractivity contribution in [1.29, 1.82) is 5.26 Å². The highest BCUT2D eigenvalue weighted by molar-refractivity contribution is 5.92. The van der Waals surface area contributed by atoms with Gasteiger partial charge in [0.05, 0.1) is 18.1 Å². The molecule has 1 amide bonds. The largest absolute Gasteiger partial charge is 0.365 e. The first-order valence-electron chi connectivity index (χ1n) is 5.20. The minimum atomic E-state index is -0.109. The van der Waals surface area contributed by atoms with Crippen LogP contribution in [-0.2, 0) is 11.2 Å². The second-order valence-electron chi connectivity index (χ2n) is 3.61. The molecular formula is C13H11N3O. The van der Waals surface area contributed by atoms with Gasteiger partial charge in [0.15, 0.2) is 0 Å². The summed E-state index contributed by atoms with van der Waals surface area (Å²) in [6.45, 7) is 0. The lowest BCUT2D eigenvalue weighted by molar-refractivity contribution is -0.115. The van der Waals surface area contributed by atoms with Crippen LogP contribution in [0.15, 0.2) is 42.6 Å². The van der Waals surface area contributed by atoms with Crippen molar-refractivity contribution >= 4 is 11.6 Å². The standard InChI is InChI=1S/C13H11N3O/c14-9-10-3-1-4-12(7-10)16-13(17)8-11-5-2-6-15-11/h1-7,15H,8H2,(H,16,17). The molecular weight excluding hydrogens is 214 g/mol. The van der Waals surface area contributed by atoms with E-state index in [9.17, 15) is 4.79 Å². The van der Waals surface area contributed by atoms with E-state index >= 15 is 0 Å². The van der Waals surface area contributed by atoms with E-state index in [-0.39, 0.29) is 5.91 Å². The second kappa shape index (κ2) is 4.99. The molecule has 0 saturated carbocycles. The fourth-order valence-corrected chi connectivity index (χ4v) is 1.52. The SMILES string of the molecule is N#Cc1cccc(NC(=O)Cc2ccc[nH]2)c1. The van der Waals surface area contributed by atoms with Gasteiger partial charge in [-0.1, -0.05) is 6.07 Å². The summed E-state index contributed by atoms with van der Waals surface area (Å²) in [6.07, 6.45) is 2.07. The molecule has 0 unspecified atom stereocenters. The molecule has 0 atom stereocenters. The number of nitriles is 1. The number of nitrogens with zero attached hydrogens (tertiary/aromatic N) is 1. The fraction of sp³-hybridized carbons (Fsp3) is 0.0769. The van der Waals surface area contributed by atoms with Crippen molar-refractivity contribution in [3.8, 4) is 6.07 Å². The van der Waals surface area contributed by atoms with Crippen molar-refractivity contribution in [2.24, 2.45) is 0 Å². The predicted molar refractivity (Wildman–Crippen MR) is 64.3 cm³/mol. The monoisotopic (exact) mass is 225 g/mol. The number of carbonyl (C=O) groups excluding carboxylic acids is 1. The van der Waals surface area contributed by atoms with E-state index in [4.69, 9.17) is 5.26 Å². The van der Waals surface area contributed by atoms with Crippen LogP contribution in [0.2, 0.25) is 0 Å². The molecule has 0 fully saturated rings. The number of nitrogens with one attached hydrogen (secondary N) is 2. The number of rotatable bonds is 3. The molecule has 4 heteroatoms. The summed E-state index contributed by atoms with van der Waals surface area (Å²) in [5.74, 6) is -0.109. The summed E-state index contributed by atoms with van der Waals surface area (Å²) in [7, 11) is 0. The first-order chi connectivity index (χ1) is 8.28. The number of anilines is 1. The zero-order chi connectivity index (χ0) is 12.1. The van der Waals surface area contributed by atoms with E-state index in [2.05, 4.69) is 10.3 Å². The minimum absolute atomic E-state index is 0.109. The van der Waals surface area contributed by atoms with Crippen LogP contribution in [0.5, 0.6) is 0 Å². The van der Waals surface area contributed by atoms with Gasteiger partial charge >= 0.3 is 0 Å². The average Bonchev–Trinajstić information content (AvgIpc) is 2.82. The van der Waals surface area contributed by atoms with Crippen LogP contribution in [0.1, 0.15) is 11.3 Å². The zero-order valence-electron chi connectivity index (χ0n) is 9.10. The summed E-state index contributed by atoms with van der Waals surface area (Å²) >= 11 is 0. The quantitative estimate of drug-likeness (QED) is 0.839. The molecule has 0 spiro atoms. The number of H-pyrrole nitrogens is 1. The van der Waals surface area contributed by atoms with Gasteiger partial charge < -0.3 is 10.3 Å². The Labute approximate surface area is 98.9 Å². The van der Waals surface area contributed by atoms with E-state index in [1.54, 1.807) is 30.5 Å². The Morgan fingerprint density at radius 2 is 2.24 bits per heavy atom. The number of amides is 1. The van der Waals surface area contributed by atoms with Gasteiger partial charge in [-0.05, 0) is 30.3 Å². The van der Waals surface area contributed by atoms with Gasteiger partial charge in [-0.25, -0.2) is 0 Å². The van der Waals surface area contributed by atoms with Gasteiger partial charge in [0, 0.05) is 17.6 Å². The number of aromatic amines is 1. The van der Waals surface area contributed by atoms with Gasteiger partial charge in [0.25, 0.3) is 0 Å². The van der Waals surface area contributed by atoms with Crippen LogP contribution in [0.3, 0.4) is 0 Å². The molecule has 2 aromatic rings. The maximum absolute atomic E-state index is 11.7. The first-order valence-corrected chi connectivity index (χ1v) is 5.20. The van der Waals surface area contributed by atoms with Gasteiger partial charge in [-0.3, -0.25) is 4.79 Å². The number of hydrogen-bond acceptors (Lipinski definition) is 2. The normalized spacial score (nSPS) is 9.59. The Morgan fingerprint density at radius 1 is 1.35 bits per heavy atom. The van der Waals surface area contributed by atoms with Crippen molar-refractivity contribution in [2.45, 2.75) is 6.42 Å². The molecule has 17 heavy (non-hydrogen) atoms. The van der Waals surface area contributed by atoms with Gasteiger partial charge in [0.1, 0.15) is 0 Å². The molecule has 2 N–H and O–H groups in total. The number of hydrogen-bond donors (Lipinski definition) is 2. The average molecular weight is 225 g/mol. The summed E-state index contributed by atoms with van der Waals surface area (Å²) in [5, 5.41) is 11.5. The molecule has 4 nitrogen and oxygen atoms in total. The van der Waals surface area contributed by atoms with Crippen LogP contribution < -0.4 is 5.32 Å². The van der Waals surface area contributed by atoms with Gasteiger partial charge in [-0.2, -0.15) is 5.26 Å². The predicted octanol–water partition coefficient (Wildman–Crippen LogP) is 2.07. The highest BCUT2D eigenvalue weighted by Gasteiger charge is 2.04. The third kappa shape index (κ3) is 2.95. The lowest BCUT2D eigenvalue weighted by Crippen LogP contribution is -2.14.